The molecule has 0 radical (unpaired) electrons. The molecule has 2 heteroatoms. The van der Waals surface area contributed by atoms with Crippen LogP contribution in [0.5, 0.6) is 0 Å². The monoisotopic (exact) mass is 192 g/mol. The van der Waals surface area contributed by atoms with Gasteiger partial charge in [0.05, 0.1) is 0 Å². The minimum Gasteiger partial charge on any atom is -0.353 e. The first kappa shape index (κ1) is 9.78. The summed E-state index contributed by atoms with van der Waals surface area (Å²) in [5.41, 5.74) is 1.37. The van der Waals surface area contributed by atoms with Crippen LogP contribution in [0.15, 0.2) is 18.3 Å². The van der Waals surface area contributed by atoms with Gasteiger partial charge >= 0.3 is 0 Å². The molecule has 14 heavy (non-hydrogen) atoms. The summed E-state index contributed by atoms with van der Waals surface area (Å²) in [6.45, 7) is 4.52. The van der Waals surface area contributed by atoms with Crippen LogP contribution in [-0.2, 0) is 13.6 Å². The van der Waals surface area contributed by atoms with Gasteiger partial charge in [-0.05, 0) is 43.4 Å². The third kappa shape index (κ3) is 2.38. The molecule has 1 heterocycles. The molecule has 1 aromatic heterocycles. The molecule has 1 aromatic rings. The summed E-state index contributed by atoms with van der Waals surface area (Å²) in [6, 6.07) is 4.27. The van der Waals surface area contributed by atoms with E-state index in [1.165, 1.54) is 18.5 Å². The first-order chi connectivity index (χ1) is 6.77. The minimum atomic E-state index is 0.857. The zero-order valence-electron chi connectivity index (χ0n) is 9.16. The Labute approximate surface area is 86.3 Å². The Morgan fingerprint density at radius 1 is 1.57 bits per heavy atom. The highest BCUT2D eigenvalue weighted by atomic mass is 15.0. The van der Waals surface area contributed by atoms with E-state index in [0.717, 1.165) is 24.9 Å². The van der Waals surface area contributed by atoms with E-state index in [1.807, 2.05) is 0 Å². The normalized spacial score (nSPS) is 18.4. The lowest BCUT2D eigenvalue weighted by atomic mass is 10.1. The van der Waals surface area contributed by atoms with E-state index >= 15 is 0 Å². The van der Waals surface area contributed by atoms with Gasteiger partial charge in [0.25, 0.3) is 0 Å². The van der Waals surface area contributed by atoms with Crippen LogP contribution in [0, 0.1) is 11.8 Å². The summed E-state index contributed by atoms with van der Waals surface area (Å²) in [4.78, 5) is 0. The fraction of sp³-hybridized carbons (Fsp3) is 0.667. The molecular formula is C12H20N2. The molecule has 0 aromatic carbocycles. The van der Waals surface area contributed by atoms with Gasteiger partial charge in [-0.2, -0.15) is 0 Å². The molecule has 1 aliphatic carbocycles. The lowest BCUT2D eigenvalue weighted by Gasteiger charge is -2.11. The topological polar surface area (TPSA) is 17.0 Å². The van der Waals surface area contributed by atoms with E-state index in [-0.39, 0.29) is 0 Å². The summed E-state index contributed by atoms with van der Waals surface area (Å²) in [7, 11) is 2.10. The van der Waals surface area contributed by atoms with Crippen LogP contribution < -0.4 is 5.32 Å². The molecule has 1 aliphatic rings. The van der Waals surface area contributed by atoms with Crippen LogP contribution >= 0.6 is 0 Å². The van der Waals surface area contributed by atoms with E-state index in [9.17, 15) is 0 Å². The number of nitrogens with one attached hydrogen (secondary N) is 1. The summed E-state index contributed by atoms with van der Waals surface area (Å²) >= 11 is 0. The predicted octanol–water partition coefficient (Wildman–Crippen LogP) is 2.16. The van der Waals surface area contributed by atoms with Crippen LogP contribution in [0.2, 0.25) is 0 Å². The molecule has 0 bridgehead atoms. The lowest BCUT2D eigenvalue weighted by Crippen LogP contribution is -2.22. The van der Waals surface area contributed by atoms with Gasteiger partial charge < -0.3 is 9.88 Å². The molecular weight excluding hydrogens is 172 g/mol. The molecule has 0 spiro atoms. The Morgan fingerprint density at radius 3 is 2.93 bits per heavy atom. The average Bonchev–Trinajstić information content (AvgIpc) is 2.93. The van der Waals surface area contributed by atoms with Crippen molar-refractivity contribution in [2.75, 3.05) is 6.54 Å². The average molecular weight is 192 g/mol. The molecule has 0 amide bonds. The van der Waals surface area contributed by atoms with Crippen LogP contribution in [-0.4, -0.2) is 11.1 Å². The maximum Gasteiger partial charge on any atom is 0.0359 e. The van der Waals surface area contributed by atoms with Crippen molar-refractivity contribution in [2.24, 2.45) is 18.9 Å². The molecule has 2 rings (SSSR count). The van der Waals surface area contributed by atoms with Crippen LogP contribution in [0.4, 0.5) is 0 Å². The van der Waals surface area contributed by atoms with E-state index in [2.05, 4.69) is 42.2 Å². The minimum absolute atomic E-state index is 0.857. The Morgan fingerprint density at radius 2 is 2.36 bits per heavy atom. The van der Waals surface area contributed by atoms with Crippen LogP contribution in [0.1, 0.15) is 25.5 Å². The molecule has 1 N–H and O–H groups in total. The van der Waals surface area contributed by atoms with Crippen LogP contribution in [0.25, 0.3) is 0 Å². The summed E-state index contributed by atoms with van der Waals surface area (Å²) in [6.07, 6.45) is 5.00. The van der Waals surface area contributed by atoms with Gasteiger partial charge in [0.1, 0.15) is 0 Å². The maximum atomic E-state index is 3.53. The third-order valence-corrected chi connectivity index (χ3v) is 3.25. The summed E-state index contributed by atoms with van der Waals surface area (Å²) < 4.78 is 2.18. The first-order valence-corrected chi connectivity index (χ1v) is 5.58. The molecule has 1 saturated carbocycles. The number of rotatable bonds is 5. The summed E-state index contributed by atoms with van der Waals surface area (Å²) in [5.74, 6) is 1.87. The Bertz CT molecular complexity index is 286. The van der Waals surface area contributed by atoms with E-state index in [1.54, 1.807) is 0 Å². The van der Waals surface area contributed by atoms with Gasteiger partial charge in [-0.25, -0.2) is 0 Å². The number of hydrogen-bond donors (Lipinski definition) is 1. The SMILES string of the molecule is CC(CNCc1cccn1C)C1CC1. The van der Waals surface area contributed by atoms with Gasteiger partial charge in [-0.1, -0.05) is 6.92 Å². The fourth-order valence-electron chi connectivity index (χ4n) is 1.94. The standard InChI is InChI=1S/C12H20N2/c1-10(11-5-6-11)8-13-9-12-4-3-7-14(12)2/h3-4,7,10-11,13H,5-6,8-9H2,1-2H3. The molecule has 1 fully saturated rings. The van der Waals surface area contributed by atoms with Crippen LogP contribution in [0.3, 0.4) is 0 Å². The van der Waals surface area contributed by atoms with Gasteiger partial charge in [0.15, 0.2) is 0 Å². The van der Waals surface area contributed by atoms with Gasteiger partial charge in [-0.3, -0.25) is 0 Å². The lowest BCUT2D eigenvalue weighted by molar-refractivity contribution is 0.458. The molecule has 1 unspecified atom stereocenters. The molecule has 78 valence electrons. The van der Waals surface area contributed by atoms with Gasteiger partial charge in [0.2, 0.25) is 0 Å². The maximum absolute atomic E-state index is 3.53. The molecule has 0 saturated heterocycles. The summed E-state index contributed by atoms with van der Waals surface area (Å²) in [5, 5.41) is 3.53. The second-order valence-electron chi connectivity index (χ2n) is 4.56. The Kier molecular flexibility index (Phi) is 2.92. The van der Waals surface area contributed by atoms with Crippen molar-refractivity contribution in [3.63, 3.8) is 0 Å². The van der Waals surface area contributed by atoms with E-state index < -0.39 is 0 Å². The molecule has 1 atom stereocenters. The quantitative estimate of drug-likeness (QED) is 0.756. The van der Waals surface area contributed by atoms with Gasteiger partial charge in [-0.15, -0.1) is 0 Å². The highest BCUT2D eigenvalue weighted by molar-refractivity contribution is 5.05. The van der Waals surface area contributed by atoms with Crippen molar-refractivity contribution in [3.05, 3.63) is 24.0 Å². The number of nitrogens with zero attached hydrogens (tertiary/aromatic N) is 1. The van der Waals surface area contributed by atoms with Crippen molar-refractivity contribution >= 4 is 0 Å². The first-order valence-electron chi connectivity index (χ1n) is 5.58. The largest absolute Gasteiger partial charge is 0.353 e. The smallest absolute Gasteiger partial charge is 0.0359 e. The second-order valence-corrected chi connectivity index (χ2v) is 4.56. The Balaban J connectivity index is 1.69. The number of aryl methyl sites for hydroxylation is 1. The van der Waals surface area contributed by atoms with E-state index in [0.29, 0.717) is 0 Å². The second kappa shape index (κ2) is 4.18. The molecule has 2 nitrogen and oxygen atoms in total. The van der Waals surface area contributed by atoms with Crippen molar-refractivity contribution in [3.8, 4) is 0 Å². The Hall–Kier alpha value is -0.760. The number of aromatic nitrogens is 1. The highest BCUT2D eigenvalue weighted by Gasteiger charge is 2.27. The zero-order chi connectivity index (χ0) is 9.97. The van der Waals surface area contributed by atoms with Crippen molar-refractivity contribution in [1.29, 1.82) is 0 Å². The zero-order valence-corrected chi connectivity index (χ0v) is 9.16. The van der Waals surface area contributed by atoms with Crippen molar-refractivity contribution in [2.45, 2.75) is 26.3 Å². The van der Waals surface area contributed by atoms with Crippen molar-refractivity contribution in [1.82, 2.24) is 9.88 Å². The third-order valence-electron chi connectivity index (χ3n) is 3.25. The van der Waals surface area contributed by atoms with Crippen molar-refractivity contribution < 1.29 is 0 Å². The fourth-order valence-corrected chi connectivity index (χ4v) is 1.94. The highest BCUT2D eigenvalue weighted by Crippen LogP contribution is 2.36. The van der Waals surface area contributed by atoms with E-state index in [4.69, 9.17) is 0 Å². The number of hydrogen-bond acceptors (Lipinski definition) is 1. The predicted molar refractivity (Wildman–Crippen MR) is 59.0 cm³/mol. The molecule has 0 aliphatic heterocycles. The van der Waals surface area contributed by atoms with Gasteiger partial charge in [0, 0.05) is 25.5 Å².